The smallest absolute Gasteiger partial charge is 0.254 e. The molecule has 3 rings (SSSR count). The number of piperidine rings is 1. The van der Waals surface area contributed by atoms with Gasteiger partial charge in [-0.1, -0.05) is 42.5 Å². The summed E-state index contributed by atoms with van der Waals surface area (Å²) in [5.74, 6) is 0.505. The second kappa shape index (κ2) is 10.3. The molecule has 5 heteroatoms. The van der Waals surface area contributed by atoms with E-state index in [4.69, 9.17) is 0 Å². The Hall–Kier alpha value is -2.27. The molecule has 2 aromatic carbocycles. The Kier molecular flexibility index (Phi) is 7.54. The van der Waals surface area contributed by atoms with Crippen molar-refractivity contribution in [3.05, 3.63) is 65.7 Å². The van der Waals surface area contributed by atoms with Crippen molar-refractivity contribution in [3.8, 4) is 0 Å². The Bertz CT molecular complexity index is 794. The molecule has 28 heavy (non-hydrogen) atoms. The molecule has 0 spiro atoms. The molecule has 1 aliphatic rings. The molecule has 0 bridgehead atoms. The number of likely N-dealkylation sites (tertiary alicyclic amines) is 1. The quantitative estimate of drug-likeness (QED) is 0.720. The number of thioether (sulfide) groups is 1. The van der Waals surface area contributed by atoms with Gasteiger partial charge in [0.15, 0.2) is 0 Å². The number of nitrogens with zero attached hydrogens (tertiary/aromatic N) is 1. The summed E-state index contributed by atoms with van der Waals surface area (Å²) in [6.07, 6.45) is 5.29. The van der Waals surface area contributed by atoms with Gasteiger partial charge in [0.25, 0.3) is 5.91 Å². The largest absolute Gasteiger partial charge is 0.356 e. The Labute approximate surface area is 171 Å². The van der Waals surface area contributed by atoms with E-state index >= 15 is 0 Å². The summed E-state index contributed by atoms with van der Waals surface area (Å²) >= 11 is 1.60. The van der Waals surface area contributed by atoms with Crippen LogP contribution >= 0.6 is 11.8 Å². The second-order valence-corrected chi connectivity index (χ2v) is 8.10. The average molecular weight is 397 g/mol. The van der Waals surface area contributed by atoms with E-state index in [1.807, 2.05) is 65.8 Å². The predicted molar refractivity (Wildman–Crippen MR) is 115 cm³/mol. The molecule has 2 amide bonds. The van der Waals surface area contributed by atoms with E-state index in [1.165, 1.54) is 5.56 Å². The molecule has 1 atom stereocenters. The Morgan fingerprint density at radius 2 is 1.86 bits per heavy atom. The maximum absolute atomic E-state index is 12.9. The number of nitrogens with one attached hydrogen (secondary N) is 1. The molecule has 148 valence electrons. The van der Waals surface area contributed by atoms with Crippen LogP contribution in [0.25, 0.3) is 0 Å². The minimum atomic E-state index is 0.0834. The van der Waals surface area contributed by atoms with Crippen molar-refractivity contribution < 1.29 is 9.59 Å². The lowest BCUT2D eigenvalue weighted by atomic mass is 9.97. The van der Waals surface area contributed by atoms with Gasteiger partial charge in [0.2, 0.25) is 5.91 Å². The Morgan fingerprint density at radius 3 is 2.64 bits per heavy atom. The third kappa shape index (κ3) is 5.61. The van der Waals surface area contributed by atoms with Gasteiger partial charge < -0.3 is 10.2 Å². The van der Waals surface area contributed by atoms with Gasteiger partial charge in [-0.15, -0.1) is 11.8 Å². The molecule has 1 unspecified atom stereocenters. The number of carbonyl (C=O) groups excluding carboxylic acids is 2. The summed E-state index contributed by atoms with van der Waals surface area (Å²) in [6.45, 7) is 2.14. The summed E-state index contributed by atoms with van der Waals surface area (Å²) in [5, 5.41) is 3.06. The number of aryl methyl sites for hydroxylation is 1. The number of carbonyl (C=O) groups is 2. The fraction of sp³-hybridized carbons (Fsp3) is 0.391. The van der Waals surface area contributed by atoms with E-state index < -0.39 is 0 Å². The van der Waals surface area contributed by atoms with Crippen LogP contribution in [0.5, 0.6) is 0 Å². The first-order valence-corrected chi connectivity index (χ1v) is 11.1. The number of hydrogen-bond donors (Lipinski definition) is 1. The minimum absolute atomic E-state index is 0.0834. The van der Waals surface area contributed by atoms with Crippen molar-refractivity contribution in [2.75, 3.05) is 25.9 Å². The SMILES string of the molecule is CSc1ccccc1C(=O)N1CCCC(CNC(=O)CCc2ccccc2)C1. The van der Waals surface area contributed by atoms with Gasteiger partial charge in [0.1, 0.15) is 0 Å². The summed E-state index contributed by atoms with van der Waals surface area (Å²) < 4.78 is 0. The number of amides is 2. The summed E-state index contributed by atoms with van der Waals surface area (Å²) in [6, 6.07) is 17.8. The molecule has 0 saturated carbocycles. The van der Waals surface area contributed by atoms with Gasteiger partial charge >= 0.3 is 0 Å². The summed E-state index contributed by atoms with van der Waals surface area (Å²) in [5.41, 5.74) is 1.96. The first-order valence-electron chi connectivity index (χ1n) is 9.90. The minimum Gasteiger partial charge on any atom is -0.356 e. The molecule has 4 nitrogen and oxygen atoms in total. The van der Waals surface area contributed by atoms with Gasteiger partial charge in [-0.2, -0.15) is 0 Å². The molecule has 0 aromatic heterocycles. The van der Waals surface area contributed by atoms with Crippen molar-refractivity contribution in [1.29, 1.82) is 0 Å². The van der Waals surface area contributed by atoms with Crippen LogP contribution in [0.1, 0.15) is 35.2 Å². The zero-order valence-corrected chi connectivity index (χ0v) is 17.2. The predicted octanol–water partition coefficient (Wildman–Crippen LogP) is 4.01. The van der Waals surface area contributed by atoms with Crippen LogP contribution in [0.15, 0.2) is 59.5 Å². The van der Waals surface area contributed by atoms with E-state index in [1.54, 1.807) is 11.8 Å². The second-order valence-electron chi connectivity index (χ2n) is 7.25. The van der Waals surface area contributed by atoms with Gasteiger partial charge in [-0.05, 0) is 49.1 Å². The number of hydrogen-bond acceptors (Lipinski definition) is 3. The van der Waals surface area contributed by atoms with Gasteiger partial charge in [-0.3, -0.25) is 9.59 Å². The molecule has 1 heterocycles. The van der Waals surface area contributed by atoms with Crippen LogP contribution in [0, 0.1) is 5.92 Å². The third-order valence-electron chi connectivity index (χ3n) is 5.22. The first-order chi connectivity index (χ1) is 13.7. The summed E-state index contributed by atoms with van der Waals surface area (Å²) in [7, 11) is 0. The zero-order chi connectivity index (χ0) is 19.8. The Balaban J connectivity index is 1.48. The van der Waals surface area contributed by atoms with E-state index in [2.05, 4.69) is 5.32 Å². The molecule has 1 saturated heterocycles. The highest BCUT2D eigenvalue weighted by atomic mass is 32.2. The highest BCUT2D eigenvalue weighted by Gasteiger charge is 2.25. The molecular formula is C23H28N2O2S. The van der Waals surface area contributed by atoms with Gasteiger partial charge in [-0.25, -0.2) is 0 Å². The van der Waals surface area contributed by atoms with Crippen molar-refractivity contribution in [1.82, 2.24) is 10.2 Å². The van der Waals surface area contributed by atoms with E-state index in [0.29, 0.717) is 25.4 Å². The van der Waals surface area contributed by atoms with Crippen LogP contribution in [-0.4, -0.2) is 42.6 Å². The standard InChI is InChI=1S/C23H28N2O2S/c1-28-21-12-6-5-11-20(21)23(27)25-15-7-10-19(17-25)16-24-22(26)14-13-18-8-3-2-4-9-18/h2-6,8-9,11-12,19H,7,10,13-17H2,1H3,(H,24,26). The highest BCUT2D eigenvalue weighted by Crippen LogP contribution is 2.24. The molecule has 0 aliphatic carbocycles. The number of benzene rings is 2. The van der Waals surface area contributed by atoms with Crippen molar-refractivity contribution in [2.45, 2.75) is 30.6 Å². The zero-order valence-electron chi connectivity index (χ0n) is 16.4. The van der Waals surface area contributed by atoms with E-state index in [-0.39, 0.29) is 11.8 Å². The molecule has 0 radical (unpaired) electrons. The van der Waals surface area contributed by atoms with Crippen molar-refractivity contribution >= 4 is 23.6 Å². The maximum atomic E-state index is 12.9. The monoisotopic (exact) mass is 396 g/mol. The van der Waals surface area contributed by atoms with Crippen LogP contribution in [0.2, 0.25) is 0 Å². The fourth-order valence-corrected chi connectivity index (χ4v) is 4.25. The lowest BCUT2D eigenvalue weighted by Crippen LogP contribution is -2.43. The van der Waals surface area contributed by atoms with Gasteiger partial charge in [0.05, 0.1) is 5.56 Å². The van der Waals surface area contributed by atoms with E-state index in [0.717, 1.165) is 36.3 Å². The van der Waals surface area contributed by atoms with Crippen LogP contribution in [-0.2, 0) is 11.2 Å². The van der Waals surface area contributed by atoms with Crippen molar-refractivity contribution in [3.63, 3.8) is 0 Å². The van der Waals surface area contributed by atoms with Crippen LogP contribution in [0.3, 0.4) is 0 Å². The lowest BCUT2D eigenvalue weighted by molar-refractivity contribution is -0.121. The highest BCUT2D eigenvalue weighted by molar-refractivity contribution is 7.98. The molecule has 2 aromatic rings. The summed E-state index contributed by atoms with van der Waals surface area (Å²) in [4.78, 5) is 28.1. The first kappa shape index (κ1) is 20.5. The van der Waals surface area contributed by atoms with Crippen molar-refractivity contribution in [2.24, 2.45) is 5.92 Å². The van der Waals surface area contributed by atoms with Gasteiger partial charge in [0, 0.05) is 31.0 Å². The normalized spacial score (nSPS) is 16.6. The average Bonchev–Trinajstić information content (AvgIpc) is 2.76. The number of rotatable bonds is 7. The molecule has 1 N–H and O–H groups in total. The van der Waals surface area contributed by atoms with Crippen LogP contribution in [0.4, 0.5) is 0 Å². The molecule has 1 fully saturated rings. The molecular weight excluding hydrogens is 368 g/mol. The Morgan fingerprint density at radius 1 is 1.11 bits per heavy atom. The molecule has 1 aliphatic heterocycles. The maximum Gasteiger partial charge on any atom is 0.254 e. The third-order valence-corrected chi connectivity index (χ3v) is 6.01. The van der Waals surface area contributed by atoms with E-state index in [9.17, 15) is 9.59 Å². The van der Waals surface area contributed by atoms with Crippen LogP contribution < -0.4 is 5.32 Å². The topological polar surface area (TPSA) is 49.4 Å². The lowest BCUT2D eigenvalue weighted by Gasteiger charge is -2.33. The fourth-order valence-electron chi connectivity index (χ4n) is 3.66.